The molecule has 0 fully saturated rings. The lowest BCUT2D eigenvalue weighted by Crippen LogP contribution is -2.29. The van der Waals surface area contributed by atoms with Crippen LogP contribution in [-0.2, 0) is 0 Å². The Morgan fingerprint density at radius 2 is 2.20 bits per heavy atom. The normalized spacial score (nSPS) is 15.5. The summed E-state index contributed by atoms with van der Waals surface area (Å²) >= 11 is 1.22. The van der Waals surface area contributed by atoms with Gasteiger partial charge in [-0.25, -0.2) is 14.8 Å². The lowest BCUT2D eigenvalue weighted by atomic mass is 10.1. The maximum atomic E-state index is 11.3. The van der Waals surface area contributed by atoms with E-state index in [2.05, 4.69) is 27.9 Å². The summed E-state index contributed by atoms with van der Waals surface area (Å²) in [5.41, 5.74) is 2.15. The molecule has 5 nitrogen and oxygen atoms in total. The molecule has 0 spiro atoms. The van der Waals surface area contributed by atoms with Crippen LogP contribution in [0.4, 0.5) is 5.82 Å². The highest BCUT2D eigenvalue weighted by atomic mass is 32.1. The summed E-state index contributed by atoms with van der Waals surface area (Å²) in [7, 11) is 0. The third kappa shape index (κ3) is 2.06. The van der Waals surface area contributed by atoms with E-state index in [9.17, 15) is 9.90 Å². The second kappa shape index (κ2) is 4.86. The van der Waals surface area contributed by atoms with E-state index in [-0.39, 0.29) is 0 Å². The largest absolute Gasteiger partial charge is 0.477 e. The van der Waals surface area contributed by atoms with E-state index in [0.717, 1.165) is 41.1 Å². The minimum Gasteiger partial charge on any atom is -0.477 e. The number of aromatic carboxylic acids is 1. The Labute approximate surface area is 120 Å². The molecule has 2 aromatic rings. The molecule has 0 bridgehead atoms. The van der Waals surface area contributed by atoms with Gasteiger partial charge >= 0.3 is 5.97 Å². The minimum absolute atomic E-state index is 0.352. The molecule has 3 rings (SSSR count). The van der Waals surface area contributed by atoms with Crippen LogP contribution in [0.3, 0.4) is 0 Å². The van der Waals surface area contributed by atoms with Gasteiger partial charge < -0.3 is 10.0 Å². The van der Waals surface area contributed by atoms with Crippen LogP contribution in [0.2, 0.25) is 0 Å². The Bertz CT molecular complexity index is 721. The molecular weight excluding hydrogens is 274 g/mol. The maximum Gasteiger partial charge on any atom is 0.346 e. The lowest BCUT2D eigenvalue weighted by Gasteiger charge is -2.27. The van der Waals surface area contributed by atoms with Crippen molar-refractivity contribution in [3.05, 3.63) is 28.4 Å². The van der Waals surface area contributed by atoms with E-state index >= 15 is 0 Å². The van der Waals surface area contributed by atoms with Crippen LogP contribution >= 0.6 is 11.3 Å². The fraction of sp³-hybridized carbons (Fsp3) is 0.357. The van der Waals surface area contributed by atoms with Crippen molar-refractivity contribution in [1.82, 2.24) is 9.97 Å². The average Bonchev–Trinajstić information content (AvgIpc) is 2.77. The number of aryl methyl sites for hydroxylation is 1. The molecule has 1 N–H and O–H groups in total. The molecule has 104 valence electrons. The van der Waals surface area contributed by atoms with Crippen LogP contribution in [0, 0.1) is 6.92 Å². The minimum atomic E-state index is -0.897. The van der Waals surface area contributed by atoms with Crippen molar-refractivity contribution in [2.24, 2.45) is 0 Å². The number of carboxylic acid groups (broad SMARTS) is 1. The summed E-state index contributed by atoms with van der Waals surface area (Å²) in [5.74, 6) is -0.0502. The third-order valence-corrected chi connectivity index (χ3v) is 4.82. The molecule has 0 atom stereocenters. The molecule has 0 saturated carbocycles. The van der Waals surface area contributed by atoms with Gasteiger partial charge in [-0.2, -0.15) is 0 Å². The van der Waals surface area contributed by atoms with Gasteiger partial charge in [0.15, 0.2) is 0 Å². The summed E-state index contributed by atoms with van der Waals surface area (Å²) < 4.78 is 0. The van der Waals surface area contributed by atoms with Gasteiger partial charge in [0.05, 0.1) is 5.39 Å². The SMILES string of the molecule is CC1=CCN(c2ncnc3sc(C(=O)O)c(C)c23)CC1. The quantitative estimate of drug-likeness (QED) is 0.861. The fourth-order valence-electron chi connectivity index (χ4n) is 2.46. The number of fused-ring (bicyclic) bond motifs is 1. The molecule has 3 heterocycles. The third-order valence-electron chi connectivity index (χ3n) is 3.64. The van der Waals surface area contributed by atoms with E-state index in [4.69, 9.17) is 0 Å². The van der Waals surface area contributed by atoms with Crippen LogP contribution in [0.15, 0.2) is 18.0 Å². The Hall–Kier alpha value is -1.95. The zero-order valence-corrected chi connectivity index (χ0v) is 12.2. The molecule has 0 radical (unpaired) electrons. The summed E-state index contributed by atoms with van der Waals surface area (Å²) in [6, 6.07) is 0. The number of thiophene rings is 1. The highest BCUT2D eigenvalue weighted by Gasteiger charge is 2.21. The predicted molar refractivity (Wildman–Crippen MR) is 79.7 cm³/mol. The zero-order valence-electron chi connectivity index (χ0n) is 11.4. The van der Waals surface area contributed by atoms with Crippen molar-refractivity contribution in [1.29, 1.82) is 0 Å². The second-order valence-electron chi connectivity index (χ2n) is 4.99. The van der Waals surface area contributed by atoms with Gasteiger partial charge in [0, 0.05) is 13.1 Å². The van der Waals surface area contributed by atoms with E-state index < -0.39 is 5.97 Å². The molecule has 2 aromatic heterocycles. The van der Waals surface area contributed by atoms with Crippen LogP contribution < -0.4 is 4.90 Å². The predicted octanol–water partition coefficient (Wildman–Crippen LogP) is 2.85. The van der Waals surface area contributed by atoms with Crippen LogP contribution in [0.5, 0.6) is 0 Å². The van der Waals surface area contributed by atoms with Crippen molar-refractivity contribution >= 4 is 33.3 Å². The number of nitrogens with zero attached hydrogens (tertiary/aromatic N) is 3. The highest BCUT2D eigenvalue weighted by Crippen LogP contribution is 2.35. The van der Waals surface area contributed by atoms with Crippen LogP contribution in [0.1, 0.15) is 28.6 Å². The number of aromatic nitrogens is 2. The maximum absolute atomic E-state index is 11.3. The second-order valence-corrected chi connectivity index (χ2v) is 5.98. The molecule has 6 heteroatoms. The van der Waals surface area contributed by atoms with Crippen molar-refractivity contribution in [3.8, 4) is 0 Å². The van der Waals surface area contributed by atoms with Gasteiger partial charge in [0.25, 0.3) is 0 Å². The first-order chi connectivity index (χ1) is 9.58. The molecule has 0 saturated heterocycles. The molecule has 0 aromatic carbocycles. The Balaban J connectivity index is 2.14. The zero-order chi connectivity index (χ0) is 14.3. The van der Waals surface area contributed by atoms with Crippen molar-refractivity contribution in [2.75, 3.05) is 18.0 Å². The van der Waals surface area contributed by atoms with Gasteiger partial charge in [-0.15, -0.1) is 11.3 Å². The van der Waals surface area contributed by atoms with Gasteiger partial charge in [-0.05, 0) is 25.8 Å². The van der Waals surface area contributed by atoms with Gasteiger partial charge in [0.1, 0.15) is 21.9 Å². The Kier molecular flexibility index (Phi) is 3.17. The molecule has 1 aliphatic heterocycles. The van der Waals surface area contributed by atoms with E-state index in [1.165, 1.54) is 23.2 Å². The first-order valence-corrected chi connectivity index (χ1v) is 7.27. The summed E-state index contributed by atoms with van der Waals surface area (Å²) in [6.45, 7) is 5.69. The van der Waals surface area contributed by atoms with E-state index in [0.29, 0.717) is 4.88 Å². The number of anilines is 1. The number of rotatable bonds is 2. The fourth-order valence-corrected chi connectivity index (χ4v) is 3.44. The van der Waals surface area contributed by atoms with Crippen LogP contribution in [0.25, 0.3) is 10.2 Å². The summed E-state index contributed by atoms with van der Waals surface area (Å²) in [5, 5.41) is 10.1. The summed E-state index contributed by atoms with van der Waals surface area (Å²) in [6.07, 6.45) is 4.72. The number of carboxylic acids is 1. The molecule has 1 aliphatic rings. The van der Waals surface area contributed by atoms with Crippen molar-refractivity contribution in [2.45, 2.75) is 20.3 Å². The van der Waals surface area contributed by atoms with Crippen molar-refractivity contribution < 1.29 is 9.90 Å². The van der Waals surface area contributed by atoms with Gasteiger partial charge in [-0.1, -0.05) is 11.6 Å². The number of hydrogen-bond acceptors (Lipinski definition) is 5. The molecule has 0 unspecified atom stereocenters. The monoisotopic (exact) mass is 289 g/mol. The standard InChI is InChI=1S/C14H15N3O2S/c1-8-3-5-17(6-4-8)12-10-9(2)11(14(18)19)20-13(10)16-7-15-12/h3,7H,4-6H2,1-2H3,(H,18,19). The van der Waals surface area contributed by atoms with Crippen molar-refractivity contribution in [3.63, 3.8) is 0 Å². The van der Waals surface area contributed by atoms with E-state index in [1.54, 1.807) is 0 Å². The Morgan fingerprint density at radius 1 is 1.40 bits per heavy atom. The number of carbonyl (C=O) groups is 1. The van der Waals surface area contributed by atoms with Gasteiger partial charge in [0.2, 0.25) is 0 Å². The molecule has 20 heavy (non-hydrogen) atoms. The highest BCUT2D eigenvalue weighted by molar-refractivity contribution is 7.20. The first-order valence-electron chi connectivity index (χ1n) is 6.46. The lowest BCUT2D eigenvalue weighted by molar-refractivity contribution is 0.0701. The smallest absolute Gasteiger partial charge is 0.346 e. The molecular formula is C14H15N3O2S. The first kappa shape index (κ1) is 13.1. The van der Waals surface area contributed by atoms with Crippen LogP contribution in [-0.4, -0.2) is 34.1 Å². The topological polar surface area (TPSA) is 66.3 Å². The summed E-state index contributed by atoms with van der Waals surface area (Å²) in [4.78, 5) is 23.1. The average molecular weight is 289 g/mol. The van der Waals surface area contributed by atoms with Gasteiger partial charge in [-0.3, -0.25) is 0 Å². The van der Waals surface area contributed by atoms with E-state index in [1.807, 2.05) is 6.92 Å². The molecule has 0 amide bonds. The molecule has 0 aliphatic carbocycles. The Morgan fingerprint density at radius 3 is 2.85 bits per heavy atom. The number of hydrogen-bond donors (Lipinski definition) is 1.